The van der Waals surface area contributed by atoms with Crippen LogP contribution >= 0.6 is 11.3 Å². The van der Waals surface area contributed by atoms with Gasteiger partial charge in [0.25, 0.3) is 5.78 Å². The highest BCUT2D eigenvalue weighted by Crippen LogP contribution is 2.42. The molecule has 0 saturated heterocycles. The van der Waals surface area contributed by atoms with E-state index in [4.69, 9.17) is 20.0 Å². The molecule has 0 aliphatic heterocycles. The quantitative estimate of drug-likeness (QED) is 0.210. The van der Waals surface area contributed by atoms with Crippen LogP contribution in [0.2, 0.25) is 0 Å². The van der Waals surface area contributed by atoms with Crippen molar-refractivity contribution in [3.05, 3.63) is 101 Å². The topological polar surface area (TPSA) is 115 Å². The van der Waals surface area contributed by atoms with Gasteiger partial charge in [-0.2, -0.15) is 0 Å². The second-order valence-electron chi connectivity index (χ2n) is 8.62. The van der Waals surface area contributed by atoms with Gasteiger partial charge in [-0.15, -0.1) is 11.3 Å². The Morgan fingerprint density at radius 2 is 1.79 bits per heavy atom. The van der Waals surface area contributed by atoms with E-state index in [9.17, 15) is 14.3 Å². The summed E-state index contributed by atoms with van der Waals surface area (Å²) in [4.78, 5) is 19.2. The molecule has 0 spiro atoms. The molecule has 6 aromatic rings. The second kappa shape index (κ2) is 9.66. The van der Waals surface area contributed by atoms with E-state index in [1.54, 1.807) is 43.5 Å². The number of aromatic hydroxyl groups is 1. The van der Waals surface area contributed by atoms with Crippen molar-refractivity contribution in [2.24, 2.45) is 0 Å². The van der Waals surface area contributed by atoms with Crippen LogP contribution in [0.25, 0.3) is 38.3 Å². The lowest BCUT2D eigenvalue weighted by Crippen LogP contribution is -2.38. The lowest BCUT2D eigenvalue weighted by atomic mass is 9.99. The summed E-state index contributed by atoms with van der Waals surface area (Å²) in [7, 11) is 1.59. The van der Waals surface area contributed by atoms with E-state index < -0.39 is 17.5 Å². The fourth-order valence-electron chi connectivity index (χ4n) is 4.38. The predicted octanol–water partition coefficient (Wildman–Crippen LogP) is 5.56. The Bertz CT molecular complexity index is 1850. The monoisotopic (exact) mass is 539 g/mol. The number of anilines is 1. The Morgan fingerprint density at radius 3 is 2.51 bits per heavy atom. The lowest BCUT2D eigenvalue weighted by molar-refractivity contribution is -0.672. The van der Waals surface area contributed by atoms with Crippen molar-refractivity contribution >= 4 is 33.0 Å². The molecule has 8 nitrogen and oxygen atoms in total. The third-order valence-electron chi connectivity index (χ3n) is 6.27. The maximum atomic E-state index is 14.3. The first kappa shape index (κ1) is 24.3. The van der Waals surface area contributed by atoms with E-state index in [-0.39, 0.29) is 16.3 Å². The number of nitrogens with two attached hydrogens (primary N) is 1. The van der Waals surface area contributed by atoms with E-state index >= 15 is 0 Å². The van der Waals surface area contributed by atoms with Crippen LogP contribution in [0.3, 0.4) is 0 Å². The fraction of sp³-hybridized carbons (Fsp3) is 0.0345. The largest absolute Gasteiger partial charge is 0.497 e. The molecule has 0 bridgehead atoms. The zero-order chi connectivity index (χ0) is 27.1. The summed E-state index contributed by atoms with van der Waals surface area (Å²) in [6.07, 6.45) is 0. The number of methoxy groups -OCH3 is 1. The smallest absolute Gasteiger partial charge is 0.393 e. The minimum atomic E-state index is -0.641. The first-order chi connectivity index (χ1) is 18.9. The lowest BCUT2D eigenvalue weighted by Gasteiger charge is -2.09. The molecule has 0 aliphatic rings. The Hall–Kier alpha value is -5.09. The van der Waals surface area contributed by atoms with Gasteiger partial charge in [0, 0.05) is 27.8 Å². The number of carbonyl (C=O) groups excluding carboxylic acids is 1. The third-order valence-corrected chi connectivity index (χ3v) is 7.36. The van der Waals surface area contributed by atoms with Crippen LogP contribution in [0.1, 0.15) is 15.4 Å². The molecule has 3 N–H and O–H groups in total. The number of nitrogen functional groups attached to an aromatic ring is 1. The van der Waals surface area contributed by atoms with Crippen LogP contribution in [0.5, 0.6) is 11.7 Å². The van der Waals surface area contributed by atoms with E-state index in [0.29, 0.717) is 38.5 Å². The number of ether oxygens (including phenoxy) is 1. The molecule has 0 amide bonds. The number of benzene rings is 3. The van der Waals surface area contributed by atoms with Gasteiger partial charge in [-0.05, 0) is 53.6 Å². The van der Waals surface area contributed by atoms with Gasteiger partial charge < -0.3 is 15.6 Å². The van der Waals surface area contributed by atoms with Crippen LogP contribution in [0.15, 0.2) is 89.5 Å². The summed E-state index contributed by atoms with van der Waals surface area (Å²) in [6, 6.07) is 24.1. The molecular weight excluding hydrogens is 519 g/mol. The average Bonchev–Trinajstić information content (AvgIpc) is 3.52. The molecule has 0 unspecified atom stereocenters. The van der Waals surface area contributed by atoms with Gasteiger partial charge in [0.05, 0.1) is 18.5 Å². The molecule has 3 aromatic heterocycles. The Labute approximate surface area is 225 Å². The van der Waals surface area contributed by atoms with Crippen molar-refractivity contribution < 1.29 is 28.2 Å². The van der Waals surface area contributed by atoms with Crippen LogP contribution in [-0.4, -0.2) is 28.3 Å². The number of para-hydroxylation sites is 1. The molecule has 10 heteroatoms. The molecule has 0 fully saturated rings. The molecule has 0 aliphatic carbocycles. The van der Waals surface area contributed by atoms with Gasteiger partial charge >= 0.3 is 11.6 Å². The van der Waals surface area contributed by atoms with Crippen molar-refractivity contribution in [3.8, 4) is 39.8 Å². The van der Waals surface area contributed by atoms with Gasteiger partial charge in [0.15, 0.2) is 0 Å². The van der Waals surface area contributed by atoms with Crippen molar-refractivity contribution in [3.63, 3.8) is 0 Å². The number of hydrogen-bond donors (Lipinski definition) is 2. The highest BCUT2D eigenvalue weighted by atomic mass is 32.1. The highest BCUT2D eigenvalue weighted by molar-refractivity contribution is 7.21. The summed E-state index contributed by atoms with van der Waals surface area (Å²) in [5, 5.41) is 14.7. The minimum absolute atomic E-state index is 0.144. The van der Waals surface area contributed by atoms with E-state index in [1.807, 2.05) is 36.4 Å². The van der Waals surface area contributed by atoms with Crippen molar-refractivity contribution in [1.29, 1.82) is 0 Å². The zero-order valence-corrected chi connectivity index (χ0v) is 21.3. The first-order valence-corrected chi connectivity index (χ1v) is 12.6. The maximum absolute atomic E-state index is 14.3. The van der Waals surface area contributed by atoms with E-state index in [1.165, 1.54) is 16.8 Å². The number of halogens is 1. The number of pyridine rings is 1. The number of thiophene rings is 1. The van der Waals surface area contributed by atoms with Crippen molar-refractivity contribution in [2.45, 2.75) is 0 Å². The molecule has 0 atom stereocenters. The fourth-order valence-corrected chi connectivity index (χ4v) is 5.44. The van der Waals surface area contributed by atoms with Crippen molar-refractivity contribution in [1.82, 2.24) is 10.3 Å². The summed E-state index contributed by atoms with van der Waals surface area (Å²) in [5.74, 6) is -0.947. The Morgan fingerprint density at radius 1 is 1.03 bits per heavy atom. The molecule has 0 saturated carbocycles. The maximum Gasteiger partial charge on any atom is 0.393 e. The van der Waals surface area contributed by atoms with Gasteiger partial charge in [-0.3, -0.25) is 9.32 Å². The molecule has 3 aromatic carbocycles. The zero-order valence-electron chi connectivity index (χ0n) is 20.5. The number of carbonyl (C=O) groups is 1. The van der Waals surface area contributed by atoms with Gasteiger partial charge in [0.1, 0.15) is 21.3 Å². The minimum Gasteiger partial charge on any atom is -0.497 e. The molecular formula is C29H20FN4O4S+. The first-order valence-electron chi connectivity index (χ1n) is 11.8. The number of ketones is 1. The Kier molecular flexibility index (Phi) is 6.01. The number of nitrogens with zero attached hydrogens (tertiary/aromatic N) is 3. The SMILES string of the molecule is COc1ccc(-c2cc(-c3cccc(F)c3)c3c(N)c(C(=O)c4c(O)on[n+]4-c4ccccc4)sc3n2)cc1. The van der Waals surface area contributed by atoms with Gasteiger partial charge in [-0.25, -0.2) is 9.37 Å². The standard InChI is InChI=1S/C29H19FN4O4S/c1-37-20-12-10-16(11-13-20)22-15-21(17-6-5-7-18(30)14-17)23-24(31)27(39-28(23)32-22)26(35)25-29(36)38-33-34(25)19-8-3-2-4-9-19/h2-15H,1H3,(H2-,31,33,35,36)/p+1. The van der Waals surface area contributed by atoms with Crippen LogP contribution in [-0.2, 0) is 0 Å². The average molecular weight is 540 g/mol. The summed E-state index contributed by atoms with van der Waals surface area (Å²) in [5.41, 5.74) is 9.68. The molecule has 192 valence electrons. The normalized spacial score (nSPS) is 11.1. The van der Waals surface area contributed by atoms with Gasteiger partial charge in [-0.1, -0.05) is 30.3 Å². The number of aromatic nitrogens is 3. The van der Waals surface area contributed by atoms with Crippen molar-refractivity contribution in [2.75, 3.05) is 12.8 Å². The number of hydrogen-bond acceptors (Lipinski definition) is 8. The van der Waals surface area contributed by atoms with E-state index in [2.05, 4.69) is 5.27 Å². The molecule has 39 heavy (non-hydrogen) atoms. The molecule has 0 radical (unpaired) electrons. The van der Waals surface area contributed by atoms with Crippen LogP contribution < -0.4 is 15.2 Å². The van der Waals surface area contributed by atoms with Crippen LogP contribution in [0.4, 0.5) is 10.1 Å². The molecule has 3 heterocycles. The predicted molar refractivity (Wildman–Crippen MR) is 145 cm³/mol. The summed E-state index contributed by atoms with van der Waals surface area (Å²) < 4.78 is 25.7. The third kappa shape index (κ3) is 4.26. The van der Waals surface area contributed by atoms with E-state index in [0.717, 1.165) is 16.9 Å². The second-order valence-corrected chi connectivity index (χ2v) is 9.62. The number of fused-ring (bicyclic) bond motifs is 1. The summed E-state index contributed by atoms with van der Waals surface area (Å²) >= 11 is 1.07. The number of rotatable bonds is 6. The highest BCUT2D eigenvalue weighted by Gasteiger charge is 2.37. The van der Waals surface area contributed by atoms with Crippen LogP contribution in [0, 0.1) is 5.82 Å². The van der Waals surface area contributed by atoms with Gasteiger partial charge in [0.2, 0.25) is 11.0 Å². The molecule has 6 rings (SSSR count). The Balaban J connectivity index is 1.56. The summed E-state index contributed by atoms with van der Waals surface area (Å²) in [6.45, 7) is 0.